The molecule has 0 spiro atoms. The summed E-state index contributed by atoms with van der Waals surface area (Å²) in [6.07, 6.45) is 1.63. The number of hydrogen-bond acceptors (Lipinski definition) is 4. The molecule has 0 amide bonds. The molecule has 98 valence electrons. The zero-order valence-electron chi connectivity index (χ0n) is 11.9. The number of aromatic nitrogens is 2. The van der Waals surface area contributed by atoms with Gasteiger partial charge in [0.2, 0.25) is 0 Å². The van der Waals surface area contributed by atoms with Crippen LogP contribution in [-0.2, 0) is 10.8 Å². The van der Waals surface area contributed by atoms with Gasteiger partial charge in [0.15, 0.2) is 5.89 Å². The molecule has 4 nitrogen and oxygen atoms in total. The summed E-state index contributed by atoms with van der Waals surface area (Å²) in [6, 6.07) is 1.92. The van der Waals surface area contributed by atoms with Crippen molar-refractivity contribution in [2.75, 3.05) is 0 Å². The molecule has 0 saturated carbocycles. The van der Waals surface area contributed by atoms with Crippen molar-refractivity contribution in [3.63, 3.8) is 0 Å². The van der Waals surface area contributed by atoms with Crippen LogP contribution in [-0.4, -0.2) is 10.1 Å². The Bertz CT molecular complexity index is 488. The molecule has 0 fully saturated rings. The third-order valence-corrected chi connectivity index (χ3v) is 2.66. The Kier molecular flexibility index (Phi) is 2.84. The van der Waals surface area contributed by atoms with Crippen molar-refractivity contribution >= 4 is 0 Å². The van der Waals surface area contributed by atoms with Crippen molar-refractivity contribution in [2.45, 2.75) is 52.4 Å². The van der Waals surface area contributed by atoms with E-state index in [2.05, 4.69) is 51.7 Å². The van der Waals surface area contributed by atoms with E-state index in [1.807, 2.05) is 6.07 Å². The van der Waals surface area contributed by atoms with Crippen LogP contribution in [0, 0.1) is 0 Å². The van der Waals surface area contributed by atoms with Crippen molar-refractivity contribution in [3.8, 4) is 11.4 Å². The van der Waals surface area contributed by atoms with Crippen molar-refractivity contribution in [1.82, 2.24) is 10.1 Å². The first-order valence-corrected chi connectivity index (χ1v) is 6.11. The van der Waals surface area contributed by atoms with Gasteiger partial charge in [-0.1, -0.05) is 46.7 Å². The second-order valence-electron chi connectivity index (χ2n) is 6.61. The molecule has 0 aromatic carbocycles. The molecule has 0 atom stereocenters. The molecule has 0 bridgehead atoms. The van der Waals surface area contributed by atoms with E-state index in [1.54, 1.807) is 6.26 Å². The standard InChI is InChI=1S/C14H20N2O2/c1-13(2,3)11-7-9(16-18-11)10-8-17-12(15-10)14(4,5)6/h7-8H,1-6H3. The maximum Gasteiger partial charge on any atom is 0.199 e. The fourth-order valence-corrected chi connectivity index (χ4v) is 1.49. The summed E-state index contributed by atoms with van der Waals surface area (Å²) in [5.74, 6) is 1.55. The van der Waals surface area contributed by atoms with Gasteiger partial charge in [-0.25, -0.2) is 4.98 Å². The van der Waals surface area contributed by atoms with Crippen LogP contribution < -0.4 is 0 Å². The van der Waals surface area contributed by atoms with Gasteiger partial charge in [-0.2, -0.15) is 0 Å². The summed E-state index contributed by atoms with van der Waals surface area (Å²) in [6.45, 7) is 12.4. The van der Waals surface area contributed by atoms with Crippen LogP contribution in [0.15, 0.2) is 21.3 Å². The van der Waals surface area contributed by atoms with Crippen molar-refractivity contribution in [2.24, 2.45) is 0 Å². The summed E-state index contributed by atoms with van der Waals surface area (Å²) >= 11 is 0. The highest BCUT2D eigenvalue weighted by Crippen LogP contribution is 2.29. The fourth-order valence-electron chi connectivity index (χ4n) is 1.49. The van der Waals surface area contributed by atoms with Crippen LogP contribution in [0.1, 0.15) is 53.2 Å². The third kappa shape index (κ3) is 2.47. The van der Waals surface area contributed by atoms with E-state index in [-0.39, 0.29) is 10.8 Å². The molecule has 0 aliphatic carbocycles. The van der Waals surface area contributed by atoms with Crippen molar-refractivity contribution in [1.29, 1.82) is 0 Å². The molecule has 18 heavy (non-hydrogen) atoms. The molecule has 2 aromatic heterocycles. The lowest BCUT2D eigenvalue weighted by atomic mass is 9.93. The largest absolute Gasteiger partial charge is 0.448 e. The van der Waals surface area contributed by atoms with Crippen molar-refractivity contribution < 1.29 is 8.94 Å². The Labute approximate surface area is 107 Å². The summed E-state index contributed by atoms with van der Waals surface area (Å²) in [7, 11) is 0. The summed E-state index contributed by atoms with van der Waals surface area (Å²) in [5, 5.41) is 4.05. The second-order valence-corrected chi connectivity index (χ2v) is 6.61. The molecule has 0 saturated heterocycles. The van der Waals surface area contributed by atoms with Gasteiger partial charge in [0.25, 0.3) is 0 Å². The SMILES string of the molecule is CC(C)(C)c1cc(-c2coc(C(C)(C)C)n2)no1. The minimum Gasteiger partial charge on any atom is -0.448 e. The molecule has 4 heteroatoms. The summed E-state index contributed by atoms with van der Waals surface area (Å²) in [4.78, 5) is 4.46. The Morgan fingerprint density at radius 2 is 1.61 bits per heavy atom. The maximum absolute atomic E-state index is 5.49. The van der Waals surface area contributed by atoms with Gasteiger partial charge < -0.3 is 8.94 Å². The monoisotopic (exact) mass is 248 g/mol. The topological polar surface area (TPSA) is 52.1 Å². The van der Waals surface area contributed by atoms with Crippen LogP contribution in [0.3, 0.4) is 0 Å². The van der Waals surface area contributed by atoms with Gasteiger partial charge in [-0.15, -0.1) is 0 Å². The third-order valence-electron chi connectivity index (χ3n) is 2.66. The Morgan fingerprint density at radius 1 is 0.944 bits per heavy atom. The number of hydrogen-bond donors (Lipinski definition) is 0. The number of nitrogens with zero attached hydrogens (tertiary/aromatic N) is 2. The van der Waals surface area contributed by atoms with Gasteiger partial charge in [-0.05, 0) is 0 Å². The van der Waals surface area contributed by atoms with E-state index in [9.17, 15) is 0 Å². The summed E-state index contributed by atoms with van der Waals surface area (Å²) < 4.78 is 10.8. The molecular weight excluding hydrogens is 228 g/mol. The second kappa shape index (κ2) is 3.97. The molecule has 2 rings (SSSR count). The van der Waals surface area contributed by atoms with Crippen molar-refractivity contribution in [3.05, 3.63) is 24.0 Å². The van der Waals surface area contributed by atoms with E-state index in [1.165, 1.54) is 0 Å². The van der Waals surface area contributed by atoms with E-state index in [0.717, 1.165) is 17.1 Å². The first kappa shape index (κ1) is 12.9. The zero-order chi connectivity index (χ0) is 13.6. The molecule has 0 radical (unpaired) electrons. The fraction of sp³-hybridized carbons (Fsp3) is 0.571. The number of rotatable bonds is 1. The van der Waals surface area contributed by atoms with Gasteiger partial charge in [-0.3, -0.25) is 0 Å². The molecule has 0 aliphatic heterocycles. The quantitative estimate of drug-likeness (QED) is 0.767. The molecule has 0 aliphatic rings. The van der Waals surface area contributed by atoms with E-state index >= 15 is 0 Å². The van der Waals surface area contributed by atoms with Crippen LogP contribution in [0.25, 0.3) is 11.4 Å². The summed E-state index contributed by atoms with van der Waals surface area (Å²) in [5.41, 5.74) is 1.29. The van der Waals surface area contributed by atoms with E-state index < -0.39 is 0 Å². The van der Waals surface area contributed by atoms with Gasteiger partial charge in [0.1, 0.15) is 23.4 Å². The molecule has 0 unspecified atom stereocenters. The van der Waals surface area contributed by atoms with E-state index in [4.69, 9.17) is 8.94 Å². The lowest BCUT2D eigenvalue weighted by molar-refractivity contribution is 0.330. The lowest BCUT2D eigenvalue weighted by Crippen LogP contribution is -2.11. The molecular formula is C14H20N2O2. The zero-order valence-corrected chi connectivity index (χ0v) is 11.9. The average molecular weight is 248 g/mol. The highest BCUT2D eigenvalue weighted by Gasteiger charge is 2.24. The van der Waals surface area contributed by atoms with Gasteiger partial charge in [0.05, 0.1) is 0 Å². The normalized spacial score (nSPS) is 13.0. The molecule has 2 heterocycles. The highest BCUT2D eigenvalue weighted by atomic mass is 16.5. The van der Waals surface area contributed by atoms with Gasteiger partial charge in [0, 0.05) is 16.9 Å². The minimum absolute atomic E-state index is 0.0537. The highest BCUT2D eigenvalue weighted by molar-refractivity contribution is 5.52. The van der Waals surface area contributed by atoms with Crippen LogP contribution in [0.5, 0.6) is 0 Å². The number of oxazole rings is 1. The van der Waals surface area contributed by atoms with Crippen LogP contribution in [0.2, 0.25) is 0 Å². The predicted molar refractivity (Wildman–Crippen MR) is 69.4 cm³/mol. The Balaban J connectivity index is 2.33. The molecule has 0 N–H and O–H groups in total. The van der Waals surface area contributed by atoms with Gasteiger partial charge >= 0.3 is 0 Å². The van der Waals surface area contributed by atoms with E-state index in [0.29, 0.717) is 5.89 Å². The van der Waals surface area contributed by atoms with Crippen LogP contribution >= 0.6 is 0 Å². The Hall–Kier alpha value is -1.58. The minimum atomic E-state index is -0.102. The average Bonchev–Trinajstić information content (AvgIpc) is 2.84. The first-order valence-electron chi connectivity index (χ1n) is 6.11. The lowest BCUT2D eigenvalue weighted by Gasteiger charge is -2.12. The molecule has 2 aromatic rings. The predicted octanol–water partition coefficient (Wildman–Crippen LogP) is 3.92. The maximum atomic E-state index is 5.49. The Morgan fingerprint density at radius 3 is 2.06 bits per heavy atom. The van der Waals surface area contributed by atoms with Crippen LogP contribution in [0.4, 0.5) is 0 Å². The first-order chi connectivity index (χ1) is 8.18. The smallest absolute Gasteiger partial charge is 0.199 e.